The average Bonchev–Trinajstić information content (AvgIpc) is 3.38. The first kappa shape index (κ1) is 21.8. The fraction of sp³-hybridized carbons (Fsp3) is 0.115. The number of hydrogen-bond acceptors (Lipinski definition) is 4. The summed E-state index contributed by atoms with van der Waals surface area (Å²) in [5.74, 6) is 0.345. The molecule has 0 fully saturated rings. The highest BCUT2D eigenvalue weighted by Gasteiger charge is 2.13. The summed E-state index contributed by atoms with van der Waals surface area (Å²) in [5.41, 5.74) is 3.40. The number of nitrogens with one attached hydrogen (secondary N) is 1. The molecule has 4 aromatic rings. The van der Waals surface area contributed by atoms with Crippen LogP contribution in [0, 0.1) is 10.1 Å². The van der Waals surface area contributed by atoms with Crippen molar-refractivity contribution >= 4 is 11.6 Å². The lowest BCUT2D eigenvalue weighted by Gasteiger charge is -2.16. The van der Waals surface area contributed by atoms with Gasteiger partial charge < -0.3 is 14.6 Å². The van der Waals surface area contributed by atoms with E-state index in [1.165, 1.54) is 12.1 Å². The van der Waals surface area contributed by atoms with Gasteiger partial charge in [-0.1, -0.05) is 24.3 Å². The highest BCUT2D eigenvalue weighted by atomic mass is 16.6. The van der Waals surface area contributed by atoms with Crippen molar-refractivity contribution in [2.24, 2.45) is 0 Å². The highest BCUT2D eigenvalue weighted by molar-refractivity contribution is 5.94. The lowest BCUT2D eigenvalue weighted by Crippen LogP contribution is -2.26. The Morgan fingerprint density at radius 2 is 1.73 bits per heavy atom. The van der Waals surface area contributed by atoms with Gasteiger partial charge in [-0.3, -0.25) is 14.9 Å². The van der Waals surface area contributed by atoms with Gasteiger partial charge in [0.15, 0.2) is 0 Å². The molecule has 1 amide bonds. The normalized spacial score (nSPS) is 11.5. The number of nitrogens with zero attached hydrogens (tertiary/aromatic N) is 2. The monoisotopic (exact) mass is 441 g/mol. The van der Waals surface area contributed by atoms with Crippen LogP contribution in [-0.2, 0) is 6.61 Å². The molecule has 7 nitrogen and oxygen atoms in total. The number of carbonyl (C=O) groups is 1. The Morgan fingerprint density at radius 3 is 2.45 bits per heavy atom. The van der Waals surface area contributed by atoms with E-state index in [0.29, 0.717) is 11.3 Å². The largest absolute Gasteiger partial charge is 0.489 e. The van der Waals surface area contributed by atoms with Gasteiger partial charge in [0.2, 0.25) is 0 Å². The minimum absolute atomic E-state index is 0.00837. The summed E-state index contributed by atoms with van der Waals surface area (Å²) in [6.07, 6.45) is 3.96. The summed E-state index contributed by atoms with van der Waals surface area (Å²) in [4.78, 5) is 23.2. The van der Waals surface area contributed by atoms with Crippen molar-refractivity contribution in [2.75, 3.05) is 0 Å². The zero-order valence-electron chi connectivity index (χ0n) is 18.0. The quantitative estimate of drug-likeness (QED) is 0.291. The third-order valence-electron chi connectivity index (χ3n) is 5.26. The van der Waals surface area contributed by atoms with Crippen LogP contribution in [0.4, 0.5) is 5.69 Å². The Morgan fingerprint density at radius 1 is 1.00 bits per heavy atom. The van der Waals surface area contributed by atoms with Crippen LogP contribution in [0.25, 0.3) is 5.69 Å². The molecule has 0 bridgehead atoms. The lowest BCUT2D eigenvalue weighted by atomic mass is 10.1. The summed E-state index contributed by atoms with van der Waals surface area (Å²) in [6, 6.07) is 24.9. The number of hydrogen-bond donors (Lipinski definition) is 1. The van der Waals surface area contributed by atoms with Crippen molar-refractivity contribution in [3.05, 3.63) is 124 Å². The molecule has 1 heterocycles. The molecule has 0 aliphatic rings. The van der Waals surface area contributed by atoms with Gasteiger partial charge in [0.25, 0.3) is 11.6 Å². The van der Waals surface area contributed by atoms with Crippen molar-refractivity contribution in [1.82, 2.24) is 9.88 Å². The summed E-state index contributed by atoms with van der Waals surface area (Å²) in [5, 5.41) is 13.8. The molecular weight excluding hydrogens is 418 g/mol. The molecule has 1 atom stereocenters. The maximum atomic E-state index is 12.8. The minimum atomic E-state index is -0.455. The number of carbonyl (C=O) groups excluding carboxylic acids is 1. The van der Waals surface area contributed by atoms with E-state index in [4.69, 9.17) is 4.74 Å². The van der Waals surface area contributed by atoms with E-state index in [0.717, 1.165) is 16.8 Å². The second-order valence-corrected chi connectivity index (χ2v) is 7.62. The van der Waals surface area contributed by atoms with Crippen molar-refractivity contribution in [1.29, 1.82) is 0 Å². The summed E-state index contributed by atoms with van der Waals surface area (Å²) in [7, 11) is 0. The smallest absolute Gasteiger partial charge is 0.269 e. The topological polar surface area (TPSA) is 86.4 Å². The molecule has 3 aromatic carbocycles. The molecule has 1 aromatic heterocycles. The first-order valence-electron chi connectivity index (χ1n) is 10.5. The zero-order chi connectivity index (χ0) is 23.2. The second-order valence-electron chi connectivity index (χ2n) is 7.62. The minimum Gasteiger partial charge on any atom is -0.489 e. The van der Waals surface area contributed by atoms with E-state index < -0.39 is 4.92 Å². The van der Waals surface area contributed by atoms with Crippen molar-refractivity contribution in [2.45, 2.75) is 19.6 Å². The SMILES string of the molecule is CC(NC(=O)c1cccc(COc2ccc([N+](=O)[O-])cc2)c1)c1cccc(-n2cccc2)c1. The van der Waals surface area contributed by atoms with Crippen LogP contribution in [0.1, 0.15) is 34.5 Å². The van der Waals surface area contributed by atoms with Gasteiger partial charge in [-0.25, -0.2) is 0 Å². The van der Waals surface area contributed by atoms with E-state index in [2.05, 4.69) is 11.4 Å². The first-order chi connectivity index (χ1) is 16.0. The molecule has 0 saturated heterocycles. The fourth-order valence-electron chi connectivity index (χ4n) is 3.46. The van der Waals surface area contributed by atoms with E-state index in [9.17, 15) is 14.9 Å². The molecule has 1 unspecified atom stereocenters. The van der Waals surface area contributed by atoms with E-state index >= 15 is 0 Å². The number of ether oxygens (including phenoxy) is 1. The first-order valence-corrected chi connectivity index (χ1v) is 10.5. The van der Waals surface area contributed by atoms with Crippen molar-refractivity contribution < 1.29 is 14.5 Å². The average molecular weight is 441 g/mol. The summed E-state index contributed by atoms with van der Waals surface area (Å²) >= 11 is 0. The van der Waals surface area contributed by atoms with Gasteiger partial charge in [0.05, 0.1) is 11.0 Å². The Balaban J connectivity index is 1.39. The Hall–Kier alpha value is -4.39. The summed E-state index contributed by atoms with van der Waals surface area (Å²) < 4.78 is 7.72. The fourth-order valence-corrected chi connectivity index (χ4v) is 3.46. The number of rotatable bonds is 8. The number of nitro benzene ring substituents is 1. The molecule has 4 rings (SSSR count). The number of non-ortho nitro benzene ring substituents is 1. The molecule has 33 heavy (non-hydrogen) atoms. The third-order valence-corrected chi connectivity index (χ3v) is 5.26. The predicted octanol–water partition coefficient (Wildman–Crippen LogP) is 5.46. The molecule has 0 saturated carbocycles. The van der Waals surface area contributed by atoms with E-state index in [-0.39, 0.29) is 24.2 Å². The van der Waals surface area contributed by atoms with Crippen molar-refractivity contribution in [3.63, 3.8) is 0 Å². The molecule has 0 spiro atoms. The molecule has 0 aliphatic heterocycles. The summed E-state index contributed by atoms with van der Waals surface area (Å²) in [6.45, 7) is 2.20. The molecule has 7 heteroatoms. The molecule has 0 aliphatic carbocycles. The highest BCUT2D eigenvalue weighted by Crippen LogP contribution is 2.20. The van der Waals surface area contributed by atoms with Gasteiger partial charge in [0, 0.05) is 35.8 Å². The van der Waals surface area contributed by atoms with Crippen molar-refractivity contribution in [3.8, 4) is 11.4 Å². The van der Waals surface area contributed by atoms with Crippen LogP contribution in [0.5, 0.6) is 5.75 Å². The number of aromatic nitrogens is 1. The number of benzene rings is 3. The van der Waals surface area contributed by atoms with Crippen LogP contribution in [0.2, 0.25) is 0 Å². The molecule has 0 radical (unpaired) electrons. The molecule has 1 N–H and O–H groups in total. The van der Waals surface area contributed by atoms with Crippen LogP contribution in [-0.4, -0.2) is 15.4 Å². The Labute approximate surface area is 191 Å². The zero-order valence-corrected chi connectivity index (χ0v) is 18.0. The Bertz CT molecular complexity index is 1250. The van der Waals surface area contributed by atoms with Gasteiger partial charge in [0.1, 0.15) is 12.4 Å². The van der Waals surface area contributed by atoms with Gasteiger partial charge in [-0.15, -0.1) is 0 Å². The standard InChI is InChI=1S/C26H23N3O4/c1-19(21-7-5-9-24(17-21)28-14-2-3-15-28)27-26(30)22-8-4-6-20(16-22)18-33-25-12-10-23(11-13-25)29(31)32/h2-17,19H,18H2,1H3,(H,27,30). The molecule has 166 valence electrons. The number of amides is 1. The van der Waals surface area contributed by atoms with Crippen LogP contribution >= 0.6 is 0 Å². The van der Waals surface area contributed by atoms with Crippen LogP contribution < -0.4 is 10.1 Å². The van der Waals surface area contributed by atoms with Gasteiger partial charge in [-0.05, 0) is 66.6 Å². The maximum Gasteiger partial charge on any atom is 0.269 e. The molecular formula is C26H23N3O4. The van der Waals surface area contributed by atoms with E-state index in [1.807, 2.05) is 60.3 Å². The third kappa shape index (κ3) is 5.46. The van der Waals surface area contributed by atoms with Gasteiger partial charge >= 0.3 is 0 Å². The number of nitro groups is 1. The predicted molar refractivity (Wildman–Crippen MR) is 126 cm³/mol. The van der Waals surface area contributed by atoms with Crippen LogP contribution in [0.15, 0.2) is 97.3 Å². The maximum absolute atomic E-state index is 12.8. The van der Waals surface area contributed by atoms with Crippen LogP contribution in [0.3, 0.4) is 0 Å². The second kappa shape index (κ2) is 9.82. The van der Waals surface area contributed by atoms with Gasteiger partial charge in [-0.2, -0.15) is 0 Å². The van der Waals surface area contributed by atoms with E-state index in [1.54, 1.807) is 30.3 Å². The Kier molecular flexibility index (Phi) is 6.50. The lowest BCUT2D eigenvalue weighted by molar-refractivity contribution is -0.384.